The molecule has 0 amide bonds. The van der Waals surface area contributed by atoms with Gasteiger partial charge in [-0.1, -0.05) is 18.1 Å². The van der Waals surface area contributed by atoms with Crippen molar-refractivity contribution in [2.75, 3.05) is 7.11 Å². The quantitative estimate of drug-likeness (QED) is 0.508. The third-order valence-corrected chi connectivity index (χ3v) is 5.22. The third-order valence-electron chi connectivity index (χ3n) is 4.30. The SMILES string of the molecule is CCc1cc(-c2noc3ccc(CN)cc23)c(OC)c(S(N)(=O)=O)c1.O=C(O)C(F)(F)F. The number of halogens is 3. The summed E-state index contributed by atoms with van der Waals surface area (Å²) in [6.07, 6.45) is -4.46. The molecule has 0 saturated heterocycles. The van der Waals surface area contributed by atoms with Crippen LogP contribution >= 0.6 is 0 Å². The number of aliphatic carboxylic acids is 1. The van der Waals surface area contributed by atoms with Gasteiger partial charge in [0.1, 0.15) is 16.3 Å². The Morgan fingerprint density at radius 3 is 2.31 bits per heavy atom. The number of aromatic nitrogens is 1. The zero-order valence-corrected chi connectivity index (χ0v) is 17.7. The maximum absolute atomic E-state index is 12.0. The highest BCUT2D eigenvalue weighted by atomic mass is 32.2. The number of methoxy groups -OCH3 is 1. The molecule has 0 aliphatic carbocycles. The summed E-state index contributed by atoms with van der Waals surface area (Å²) in [5, 5.41) is 17.3. The highest BCUT2D eigenvalue weighted by Crippen LogP contribution is 2.39. The molecule has 9 nitrogen and oxygen atoms in total. The smallest absolute Gasteiger partial charge is 0.490 e. The molecule has 0 saturated carbocycles. The molecule has 0 radical (unpaired) electrons. The van der Waals surface area contributed by atoms with E-state index in [-0.39, 0.29) is 10.6 Å². The minimum absolute atomic E-state index is 0.0736. The largest absolute Gasteiger partial charge is 0.495 e. The number of sulfonamides is 1. The van der Waals surface area contributed by atoms with Gasteiger partial charge >= 0.3 is 12.1 Å². The zero-order valence-electron chi connectivity index (χ0n) is 16.9. The predicted molar refractivity (Wildman–Crippen MR) is 108 cm³/mol. The zero-order chi connectivity index (χ0) is 24.3. The molecule has 0 bridgehead atoms. The van der Waals surface area contributed by atoms with E-state index >= 15 is 0 Å². The van der Waals surface area contributed by atoms with Gasteiger partial charge in [0, 0.05) is 12.1 Å². The summed E-state index contributed by atoms with van der Waals surface area (Å²) in [4.78, 5) is 8.82. The lowest BCUT2D eigenvalue weighted by molar-refractivity contribution is -0.192. The highest BCUT2D eigenvalue weighted by molar-refractivity contribution is 7.89. The van der Waals surface area contributed by atoms with Crippen molar-refractivity contribution in [3.63, 3.8) is 0 Å². The van der Waals surface area contributed by atoms with E-state index in [0.717, 1.165) is 16.5 Å². The minimum atomic E-state index is -5.08. The third kappa shape index (κ3) is 5.55. The normalized spacial score (nSPS) is 11.7. The van der Waals surface area contributed by atoms with E-state index < -0.39 is 22.2 Å². The number of hydrogen-bond acceptors (Lipinski definition) is 7. The number of carbonyl (C=O) groups is 1. The summed E-state index contributed by atoms with van der Waals surface area (Å²) in [5.74, 6) is -2.61. The first-order chi connectivity index (χ1) is 14.8. The number of carboxylic acids is 1. The first-order valence-corrected chi connectivity index (χ1v) is 10.5. The number of alkyl halides is 3. The summed E-state index contributed by atoms with van der Waals surface area (Å²) in [5.41, 5.74) is 9.00. The molecule has 1 heterocycles. The molecular formula is C19H20F3N3O6S. The fourth-order valence-corrected chi connectivity index (χ4v) is 3.54. The Kier molecular flexibility index (Phi) is 7.49. The van der Waals surface area contributed by atoms with Crippen molar-refractivity contribution in [2.24, 2.45) is 10.9 Å². The van der Waals surface area contributed by atoms with Crippen molar-refractivity contribution in [3.05, 3.63) is 41.5 Å². The summed E-state index contributed by atoms with van der Waals surface area (Å²) < 4.78 is 66.5. The Hall–Kier alpha value is -3.16. The van der Waals surface area contributed by atoms with Gasteiger partial charge in [0.15, 0.2) is 5.58 Å². The second-order valence-electron chi connectivity index (χ2n) is 6.44. The number of hydrogen-bond donors (Lipinski definition) is 3. The van der Waals surface area contributed by atoms with E-state index in [1.807, 2.05) is 25.1 Å². The summed E-state index contributed by atoms with van der Waals surface area (Å²) >= 11 is 0. The van der Waals surface area contributed by atoms with Crippen LogP contribution in [0.2, 0.25) is 0 Å². The van der Waals surface area contributed by atoms with Crippen LogP contribution in [0.25, 0.3) is 22.2 Å². The van der Waals surface area contributed by atoms with E-state index in [0.29, 0.717) is 29.8 Å². The fourth-order valence-electron chi connectivity index (χ4n) is 2.77. The highest BCUT2D eigenvalue weighted by Gasteiger charge is 2.38. The first-order valence-electron chi connectivity index (χ1n) is 8.96. The van der Waals surface area contributed by atoms with Gasteiger partial charge in [-0.15, -0.1) is 0 Å². The van der Waals surface area contributed by atoms with Crippen molar-refractivity contribution in [1.29, 1.82) is 0 Å². The second-order valence-corrected chi connectivity index (χ2v) is 7.97. The summed E-state index contributed by atoms with van der Waals surface area (Å²) in [7, 11) is -2.57. The molecule has 2 aromatic carbocycles. The van der Waals surface area contributed by atoms with Gasteiger partial charge in [-0.2, -0.15) is 13.2 Å². The molecule has 5 N–H and O–H groups in total. The monoisotopic (exact) mass is 475 g/mol. The number of aryl methyl sites for hydroxylation is 1. The lowest BCUT2D eigenvalue weighted by atomic mass is 10.0. The Balaban J connectivity index is 0.000000451. The van der Waals surface area contributed by atoms with Gasteiger partial charge in [0.25, 0.3) is 0 Å². The fraction of sp³-hybridized carbons (Fsp3) is 0.263. The van der Waals surface area contributed by atoms with Gasteiger partial charge in [-0.05, 0) is 41.8 Å². The van der Waals surface area contributed by atoms with Crippen molar-refractivity contribution in [2.45, 2.75) is 31.0 Å². The van der Waals surface area contributed by atoms with Crippen molar-refractivity contribution < 1.29 is 40.8 Å². The van der Waals surface area contributed by atoms with Crippen LogP contribution in [0, 0.1) is 0 Å². The van der Waals surface area contributed by atoms with Gasteiger partial charge in [-0.25, -0.2) is 18.4 Å². The number of rotatable bonds is 5. The van der Waals surface area contributed by atoms with Gasteiger partial charge in [0.2, 0.25) is 10.0 Å². The number of ether oxygens (including phenoxy) is 1. The predicted octanol–water partition coefficient (Wildman–Crippen LogP) is 2.81. The molecule has 0 atom stereocenters. The number of carboxylic acid groups (broad SMARTS) is 1. The molecule has 0 aliphatic rings. The van der Waals surface area contributed by atoms with E-state index in [2.05, 4.69) is 5.16 Å². The van der Waals surface area contributed by atoms with E-state index in [1.165, 1.54) is 13.2 Å². The van der Waals surface area contributed by atoms with Gasteiger partial charge in [0.05, 0.1) is 12.5 Å². The number of fused-ring (bicyclic) bond motifs is 1. The van der Waals surface area contributed by atoms with Crippen molar-refractivity contribution in [3.8, 4) is 17.0 Å². The maximum Gasteiger partial charge on any atom is 0.490 e. The Morgan fingerprint density at radius 2 is 1.84 bits per heavy atom. The summed E-state index contributed by atoms with van der Waals surface area (Å²) in [6.45, 7) is 2.29. The molecule has 0 spiro atoms. The van der Waals surface area contributed by atoms with Crippen LogP contribution < -0.4 is 15.6 Å². The number of benzene rings is 2. The lowest BCUT2D eigenvalue weighted by Gasteiger charge is -2.13. The number of primary sulfonamides is 1. The van der Waals surface area contributed by atoms with E-state index in [9.17, 15) is 21.6 Å². The van der Waals surface area contributed by atoms with Crippen molar-refractivity contribution >= 4 is 27.0 Å². The Labute approximate surface area is 180 Å². The molecule has 3 aromatic rings. The van der Waals surface area contributed by atoms with Crippen LogP contribution in [-0.2, 0) is 27.8 Å². The molecular weight excluding hydrogens is 455 g/mol. The van der Waals surface area contributed by atoms with Crippen LogP contribution in [-0.4, -0.2) is 37.9 Å². The first kappa shape index (κ1) is 25.1. The maximum atomic E-state index is 12.0. The Bertz CT molecular complexity index is 1240. The van der Waals surface area contributed by atoms with Crippen LogP contribution in [0.5, 0.6) is 5.75 Å². The summed E-state index contributed by atoms with van der Waals surface area (Å²) in [6, 6.07) is 8.86. The molecule has 1 aromatic heterocycles. The van der Waals surface area contributed by atoms with Crippen LogP contribution in [0.1, 0.15) is 18.1 Å². The van der Waals surface area contributed by atoms with Gasteiger partial charge in [-0.3, -0.25) is 0 Å². The average Bonchev–Trinajstić information content (AvgIpc) is 3.14. The minimum Gasteiger partial charge on any atom is -0.495 e. The number of nitrogens with zero attached hydrogens (tertiary/aromatic N) is 1. The van der Waals surface area contributed by atoms with E-state index in [1.54, 1.807) is 6.07 Å². The average molecular weight is 475 g/mol. The molecule has 32 heavy (non-hydrogen) atoms. The topological polar surface area (TPSA) is 159 Å². The van der Waals surface area contributed by atoms with E-state index in [4.69, 9.17) is 30.0 Å². The molecule has 0 aliphatic heterocycles. The molecule has 3 rings (SSSR count). The molecule has 13 heteroatoms. The van der Waals surface area contributed by atoms with Crippen LogP contribution in [0.3, 0.4) is 0 Å². The molecule has 0 unspecified atom stereocenters. The molecule has 0 fully saturated rings. The Morgan fingerprint density at radius 1 is 1.22 bits per heavy atom. The van der Waals surface area contributed by atoms with Crippen LogP contribution in [0.15, 0.2) is 39.8 Å². The van der Waals surface area contributed by atoms with Crippen molar-refractivity contribution in [1.82, 2.24) is 5.16 Å². The second kappa shape index (κ2) is 9.54. The lowest BCUT2D eigenvalue weighted by Crippen LogP contribution is -2.21. The van der Waals surface area contributed by atoms with Crippen LogP contribution in [0.4, 0.5) is 13.2 Å². The number of nitrogens with two attached hydrogens (primary N) is 2. The molecule has 174 valence electrons. The van der Waals surface area contributed by atoms with Gasteiger partial charge < -0.3 is 20.1 Å². The standard InChI is InChI=1S/C17H19N3O4S.C2HF3O2/c1-3-10-6-13(17(23-2)15(8-10)25(19,21)22)16-12-7-11(9-18)4-5-14(12)24-20-16;3-2(4,5)1(6)7/h4-8H,3,9,18H2,1-2H3,(H2,19,21,22);(H,6,7).